The fraction of sp³-hybridized carbons (Fsp3) is 0.121. The summed E-state index contributed by atoms with van der Waals surface area (Å²) in [7, 11) is 0. The molecule has 0 radical (unpaired) electrons. The van der Waals surface area contributed by atoms with Gasteiger partial charge in [-0.3, -0.25) is 19.5 Å². The van der Waals surface area contributed by atoms with E-state index in [2.05, 4.69) is 0 Å². The standard InChI is InChI=1S/C33H24ClN3O6S2/c1-3-42-32(39)28-29(19-7-5-4-6-8-19)35-33-36(30(28)20-9-13-23(44-2)14-10-20)31(38)27(45-33)18-22-12-16-26(43-22)24-17-21(37(40)41)11-15-25(24)34/h4-18,30H,3H2,1-2H3/b27-18-. The highest BCUT2D eigenvalue weighted by Gasteiger charge is 2.35. The van der Waals surface area contributed by atoms with Crippen LogP contribution in [0.3, 0.4) is 0 Å². The molecule has 3 aromatic carbocycles. The van der Waals surface area contributed by atoms with Crippen LogP contribution in [-0.4, -0.2) is 28.3 Å². The van der Waals surface area contributed by atoms with Crippen LogP contribution >= 0.6 is 34.7 Å². The lowest BCUT2D eigenvalue weighted by Crippen LogP contribution is -2.40. The van der Waals surface area contributed by atoms with E-state index >= 15 is 0 Å². The van der Waals surface area contributed by atoms with Crippen LogP contribution in [0.25, 0.3) is 23.1 Å². The van der Waals surface area contributed by atoms with E-state index in [9.17, 15) is 19.7 Å². The molecule has 0 bridgehead atoms. The lowest BCUT2D eigenvalue weighted by molar-refractivity contribution is -0.384. The molecule has 1 aliphatic rings. The molecule has 0 fully saturated rings. The van der Waals surface area contributed by atoms with E-state index in [1.54, 1.807) is 36.9 Å². The second-order valence-corrected chi connectivity index (χ2v) is 12.1. The molecule has 9 nitrogen and oxygen atoms in total. The highest BCUT2D eigenvalue weighted by atomic mass is 35.5. The molecule has 0 saturated carbocycles. The van der Waals surface area contributed by atoms with Gasteiger partial charge in [0.1, 0.15) is 11.5 Å². The Labute approximate surface area is 269 Å². The third kappa shape index (κ3) is 5.89. The summed E-state index contributed by atoms with van der Waals surface area (Å²) in [6, 6.07) is 23.6. The van der Waals surface area contributed by atoms with Gasteiger partial charge in [0.2, 0.25) is 0 Å². The van der Waals surface area contributed by atoms with E-state index in [1.807, 2.05) is 60.9 Å². The van der Waals surface area contributed by atoms with Crippen molar-refractivity contribution in [2.75, 3.05) is 12.9 Å². The van der Waals surface area contributed by atoms with Crippen LogP contribution in [0.4, 0.5) is 5.69 Å². The first-order valence-corrected chi connectivity index (χ1v) is 16.2. The fourth-order valence-corrected chi connectivity index (χ4v) is 6.66. The van der Waals surface area contributed by atoms with Gasteiger partial charge in [-0.15, -0.1) is 11.8 Å². The minimum absolute atomic E-state index is 0.127. The molecule has 2 aromatic heterocycles. The zero-order chi connectivity index (χ0) is 31.7. The van der Waals surface area contributed by atoms with E-state index in [-0.39, 0.29) is 28.4 Å². The second-order valence-electron chi connectivity index (χ2n) is 9.83. The number of ether oxygens (including phenoxy) is 1. The Bertz CT molecular complexity index is 2150. The number of thioether (sulfide) groups is 1. The van der Waals surface area contributed by atoms with Gasteiger partial charge in [0.15, 0.2) is 4.80 Å². The number of aromatic nitrogens is 1. The zero-order valence-corrected chi connectivity index (χ0v) is 26.3. The summed E-state index contributed by atoms with van der Waals surface area (Å²) in [6.07, 6.45) is 3.56. The minimum atomic E-state index is -0.801. The number of furan rings is 1. The van der Waals surface area contributed by atoms with Crippen LogP contribution in [0.15, 0.2) is 110 Å². The Morgan fingerprint density at radius 3 is 2.58 bits per heavy atom. The molecular weight excluding hydrogens is 634 g/mol. The highest BCUT2D eigenvalue weighted by Crippen LogP contribution is 2.36. The molecule has 226 valence electrons. The summed E-state index contributed by atoms with van der Waals surface area (Å²) in [5.41, 5.74) is 2.00. The van der Waals surface area contributed by atoms with Crippen molar-refractivity contribution in [3.8, 4) is 11.3 Å². The highest BCUT2D eigenvalue weighted by molar-refractivity contribution is 7.98. The SMILES string of the molecule is CCOC(=O)C1=C(c2ccccc2)N=c2s/c(=C\c3ccc(-c4cc([N+](=O)[O-])ccc4Cl)o3)c(=O)n2C1c1ccc(SC)cc1. The molecule has 0 aliphatic carbocycles. The van der Waals surface area contributed by atoms with Crippen LogP contribution in [0.5, 0.6) is 0 Å². The lowest BCUT2D eigenvalue weighted by Gasteiger charge is -2.26. The maximum Gasteiger partial charge on any atom is 0.338 e. The van der Waals surface area contributed by atoms with Gasteiger partial charge in [-0.05, 0) is 49.1 Å². The summed E-state index contributed by atoms with van der Waals surface area (Å²) in [6.45, 7) is 1.89. The molecule has 0 saturated heterocycles. The normalized spacial score (nSPS) is 14.6. The first-order chi connectivity index (χ1) is 21.8. The number of nitrogens with zero attached hydrogens (tertiary/aromatic N) is 3. The predicted molar refractivity (Wildman–Crippen MR) is 175 cm³/mol. The van der Waals surface area contributed by atoms with Gasteiger partial charge >= 0.3 is 5.97 Å². The lowest BCUT2D eigenvalue weighted by atomic mass is 9.93. The van der Waals surface area contributed by atoms with E-state index in [0.29, 0.717) is 37.7 Å². The largest absolute Gasteiger partial charge is 0.463 e. The number of rotatable bonds is 8. The van der Waals surface area contributed by atoms with Crippen molar-refractivity contribution in [2.45, 2.75) is 17.9 Å². The van der Waals surface area contributed by atoms with Gasteiger partial charge in [0, 0.05) is 34.2 Å². The van der Waals surface area contributed by atoms with E-state index in [4.69, 9.17) is 25.7 Å². The summed E-state index contributed by atoms with van der Waals surface area (Å²) in [5.74, 6) is 0.0925. The molecule has 1 atom stereocenters. The number of benzene rings is 3. The van der Waals surface area contributed by atoms with Gasteiger partial charge < -0.3 is 9.15 Å². The van der Waals surface area contributed by atoms with Gasteiger partial charge in [-0.1, -0.05) is 65.4 Å². The van der Waals surface area contributed by atoms with Gasteiger partial charge in [-0.25, -0.2) is 9.79 Å². The second kappa shape index (κ2) is 12.7. The van der Waals surface area contributed by atoms with Crippen LogP contribution in [0.1, 0.15) is 29.9 Å². The molecule has 0 N–H and O–H groups in total. The summed E-state index contributed by atoms with van der Waals surface area (Å²) in [5, 5.41) is 11.6. The molecule has 45 heavy (non-hydrogen) atoms. The topological polar surface area (TPSA) is 117 Å². The summed E-state index contributed by atoms with van der Waals surface area (Å²) < 4.78 is 13.3. The van der Waals surface area contributed by atoms with Crippen molar-refractivity contribution in [3.63, 3.8) is 0 Å². The van der Waals surface area contributed by atoms with Crippen LogP contribution in [0, 0.1) is 10.1 Å². The third-order valence-electron chi connectivity index (χ3n) is 7.13. The number of carbonyl (C=O) groups excluding carboxylic acids is 1. The van der Waals surface area contributed by atoms with E-state index < -0.39 is 16.9 Å². The zero-order valence-electron chi connectivity index (χ0n) is 23.9. The first-order valence-electron chi connectivity index (χ1n) is 13.8. The van der Waals surface area contributed by atoms with E-state index in [0.717, 1.165) is 10.5 Å². The Balaban J connectivity index is 1.54. The van der Waals surface area contributed by atoms with Crippen molar-refractivity contribution in [1.29, 1.82) is 0 Å². The summed E-state index contributed by atoms with van der Waals surface area (Å²) in [4.78, 5) is 44.8. The number of hydrogen-bond donors (Lipinski definition) is 0. The van der Waals surface area contributed by atoms with Crippen molar-refractivity contribution in [1.82, 2.24) is 4.57 Å². The number of carbonyl (C=O) groups is 1. The third-order valence-corrected chi connectivity index (χ3v) is 9.19. The maximum absolute atomic E-state index is 14.1. The number of hydrogen-bond acceptors (Lipinski definition) is 9. The van der Waals surface area contributed by atoms with Crippen LogP contribution in [-0.2, 0) is 9.53 Å². The molecule has 1 aliphatic heterocycles. The van der Waals surface area contributed by atoms with Crippen molar-refractivity contribution >= 4 is 58.1 Å². The number of thiazole rings is 1. The monoisotopic (exact) mass is 657 g/mol. The Morgan fingerprint density at radius 2 is 1.89 bits per heavy atom. The summed E-state index contributed by atoms with van der Waals surface area (Å²) >= 11 is 9.07. The van der Waals surface area contributed by atoms with Crippen molar-refractivity contribution in [3.05, 3.63) is 142 Å². The molecule has 0 amide bonds. The smallest absolute Gasteiger partial charge is 0.338 e. The number of nitro benzene ring substituents is 1. The molecule has 5 aromatic rings. The Hall–Kier alpha value is -4.71. The molecular formula is C33H24ClN3O6S2. The van der Waals surface area contributed by atoms with Crippen molar-refractivity contribution < 1.29 is 18.9 Å². The number of nitro groups is 1. The van der Waals surface area contributed by atoms with Gasteiger partial charge in [0.05, 0.1) is 38.4 Å². The number of fused-ring (bicyclic) bond motifs is 1. The van der Waals surface area contributed by atoms with Crippen LogP contribution < -0.4 is 14.9 Å². The Morgan fingerprint density at radius 1 is 1.13 bits per heavy atom. The number of halogens is 1. The van der Waals surface area contributed by atoms with Crippen LogP contribution in [0.2, 0.25) is 5.02 Å². The maximum atomic E-state index is 14.1. The van der Waals surface area contributed by atoms with Gasteiger partial charge in [0.25, 0.3) is 11.2 Å². The van der Waals surface area contributed by atoms with Crippen molar-refractivity contribution in [2.24, 2.45) is 4.99 Å². The fourth-order valence-electron chi connectivity index (χ4n) is 5.06. The predicted octanol–water partition coefficient (Wildman–Crippen LogP) is 6.48. The quantitative estimate of drug-likeness (QED) is 0.0812. The molecule has 12 heteroatoms. The average Bonchev–Trinajstić information content (AvgIpc) is 3.64. The Kier molecular flexibility index (Phi) is 8.57. The molecule has 1 unspecified atom stereocenters. The number of non-ortho nitro benzene ring substituents is 1. The van der Waals surface area contributed by atoms with Gasteiger partial charge in [-0.2, -0.15) is 0 Å². The number of esters is 1. The first kappa shape index (κ1) is 30.3. The molecule has 3 heterocycles. The van der Waals surface area contributed by atoms with E-state index in [1.165, 1.54) is 34.1 Å². The molecule has 6 rings (SSSR count). The molecule has 0 spiro atoms. The minimum Gasteiger partial charge on any atom is -0.463 e. The average molecular weight is 658 g/mol.